The van der Waals surface area contributed by atoms with E-state index in [0.29, 0.717) is 24.7 Å². The number of ether oxygens (including phenoxy) is 1. The first-order chi connectivity index (χ1) is 21.1. The SMILES string of the molecule is CC1CN(C(=O)C(=O)OCC(F)(F)F)C(c2ccccc2)CN1C1CCC1.CC1CNC(c2ccccc2)CN1C1CCC1. The largest absolute Gasteiger partial charge is 0.449 e. The van der Waals surface area contributed by atoms with Crippen molar-refractivity contribution in [2.24, 2.45) is 0 Å². The van der Waals surface area contributed by atoms with Crippen LogP contribution < -0.4 is 5.32 Å². The summed E-state index contributed by atoms with van der Waals surface area (Å²) < 4.78 is 41.1. The van der Waals surface area contributed by atoms with Gasteiger partial charge in [-0.05, 0) is 50.7 Å². The van der Waals surface area contributed by atoms with Gasteiger partial charge in [-0.15, -0.1) is 0 Å². The van der Waals surface area contributed by atoms with E-state index in [4.69, 9.17) is 0 Å². The highest BCUT2D eigenvalue weighted by Crippen LogP contribution is 2.35. The summed E-state index contributed by atoms with van der Waals surface area (Å²) in [5, 5.41) is 3.68. The van der Waals surface area contributed by atoms with Gasteiger partial charge in [-0.3, -0.25) is 14.6 Å². The van der Waals surface area contributed by atoms with Crippen LogP contribution in [0.25, 0.3) is 0 Å². The highest BCUT2D eigenvalue weighted by Gasteiger charge is 2.42. The summed E-state index contributed by atoms with van der Waals surface area (Å²) in [7, 11) is 0. The molecule has 2 aliphatic carbocycles. The average molecular weight is 615 g/mol. The van der Waals surface area contributed by atoms with E-state index in [2.05, 4.69) is 57.1 Å². The van der Waals surface area contributed by atoms with E-state index >= 15 is 0 Å². The summed E-state index contributed by atoms with van der Waals surface area (Å²) in [5.41, 5.74) is 2.29. The van der Waals surface area contributed by atoms with Gasteiger partial charge in [0.05, 0.1) is 6.04 Å². The van der Waals surface area contributed by atoms with Crippen LogP contribution in [0, 0.1) is 0 Å². The Bertz CT molecular complexity index is 1220. The molecule has 2 heterocycles. The Hall–Kier alpha value is -2.95. The van der Waals surface area contributed by atoms with Crippen LogP contribution in [-0.4, -0.2) is 89.7 Å². The van der Waals surface area contributed by atoms with Crippen LogP contribution in [0.15, 0.2) is 60.7 Å². The number of carbonyl (C=O) groups excluding carboxylic acids is 2. The lowest BCUT2D eigenvalue weighted by Gasteiger charge is -2.50. The van der Waals surface area contributed by atoms with E-state index in [0.717, 1.165) is 31.0 Å². The van der Waals surface area contributed by atoms with Crippen molar-refractivity contribution in [1.29, 1.82) is 0 Å². The monoisotopic (exact) mass is 614 g/mol. The molecule has 1 amide bonds. The molecule has 2 aromatic rings. The van der Waals surface area contributed by atoms with Crippen molar-refractivity contribution in [1.82, 2.24) is 20.0 Å². The molecule has 2 aliphatic heterocycles. The highest BCUT2D eigenvalue weighted by molar-refractivity contribution is 6.32. The van der Waals surface area contributed by atoms with Gasteiger partial charge in [-0.2, -0.15) is 13.2 Å². The van der Waals surface area contributed by atoms with Crippen LogP contribution in [0.5, 0.6) is 0 Å². The maximum absolute atomic E-state index is 12.6. The third-order valence-electron chi connectivity index (χ3n) is 9.68. The van der Waals surface area contributed by atoms with Crippen molar-refractivity contribution < 1.29 is 27.5 Å². The summed E-state index contributed by atoms with van der Waals surface area (Å²) in [6.07, 6.45) is 2.97. The van der Waals surface area contributed by atoms with E-state index in [1.807, 2.05) is 37.3 Å². The number of halogens is 3. The Kier molecular flexibility index (Phi) is 10.6. The van der Waals surface area contributed by atoms with Crippen molar-refractivity contribution in [3.63, 3.8) is 0 Å². The number of benzene rings is 2. The van der Waals surface area contributed by atoms with Crippen molar-refractivity contribution in [2.75, 3.05) is 32.8 Å². The van der Waals surface area contributed by atoms with Crippen molar-refractivity contribution in [3.05, 3.63) is 71.8 Å². The fraction of sp³-hybridized carbons (Fsp3) is 0.588. The topological polar surface area (TPSA) is 65.1 Å². The minimum absolute atomic E-state index is 0.0228. The molecule has 240 valence electrons. The van der Waals surface area contributed by atoms with E-state index in [-0.39, 0.29) is 12.6 Å². The molecular weight excluding hydrogens is 569 g/mol. The van der Waals surface area contributed by atoms with Crippen molar-refractivity contribution in [3.8, 4) is 0 Å². The summed E-state index contributed by atoms with van der Waals surface area (Å²) in [6, 6.07) is 22.3. The third-order valence-corrected chi connectivity index (χ3v) is 9.68. The normalized spacial score (nSPS) is 27.0. The van der Waals surface area contributed by atoms with E-state index < -0.39 is 30.7 Å². The number of amides is 1. The number of hydrogen-bond donors (Lipinski definition) is 1. The molecule has 44 heavy (non-hydrogen) atoms. The zero-order valence-corrected chi connectivity index (χ0v) is 25.7. The molecule has 2 saturated heterocycles. The van der Waals surface area contributed by atoms with Crippen LogP contribution in [-0.2, 0) is 14.3 Å². The first-order valence-electron chi connectivity index (χ1n) is 16.0. The molecule has 0 aromatic heterocycles. The first-order valence-corrected chi connectivity index (χ1v) is 16.0. The average Bonchev–Trinajstić information content (AvgIpc) is 2.96. The number of alkyl halides is 3. The number of nitrogens with zero attached hydrogens (tertiary/aromatic N) is 3. The molecule has 7 nitrogen and oxygen atoms in total. The molecule has 2 aromatic carbocycles. The second-order valence-electron chi connectivity index (χ2n) is 12.7. The fourth-order valence-corrected chi connectivity index (χ4v) is 6.75. The molecule has 0 spiro atoms. The van der Waals surface area contributed by atoms with Gasteiger partial charge < -0.3 is 15.0 Å². The Labute approximate surface area is 258 Å². The van der Waals surface area contributed by atoms with Crippen LogP contribution in [0.2, 0.25) is 0 Å². The summed E-state index contributed by atoms with van der Waals surface area (Å²) >= 11 is 0. The van der Waals surface area contributed by atoms with Crippen LogP contribution >= 0.6 is 0 Å². The third kappa shape index (κ3) is 8.00. The van der Waals surface area contributed by atoms with Crippen LogP contribution in [0.1, 0.15) is 75.6 Å². The molecule has 4 unspecified atom stereocenters. The van der Waals surface area contributed by atoms with E-state index in [1.165, 1.54) is 42.7 Å². The lowest BCUT2D eigenvalue weighted by Crippen LogP contribution is -2.60. The van der Waals surface area contributed by atoms with Gasteiger partial charge >= 0.3 is 18.1 Å². The molecule has 0 radical (unpaired) electrons. The van der Waals surface area contributed by atoms with E-state index in [9.17, 15) is 22.8 Å². The Morgan fingerprint density at radius 2 is 1.34 bits per heavy atom. The predicted octanol–water partition coefficient (Wildman–Crippen LogP) is 5.49. The highest BCUT2D eigenvalue weighted by atomic mass is 19.4. The van der Waals surface area contributed by atoms with Gasteiger partial charge in [0, 0.05) is 56.4 Å². The molecule has 6 rings (SSSR count). The number of rotatable bonds is 5. The smallest absolute Gasteiger partial charge is 0.422 e. The standard InChI is InChI=1S/C19H23F3N2O3.C15H22N2/c1-13-10-24(17(25)18(26)27-12-19(20,21)22)16(14-6-3-2-4-7-14)11-23(13)15-8-5-9-15;1-12-10-16-15(13-6-3-2-4-7-13)11-17(12)14-8-5-9-14/h2-4,6-7,13,15-16H,5,8-12H2,1H3;2-4,6-7,12,14-16H,5,8-11H2,1H3. The summed E-state index contributed by atoms with van der Waals surface area (Å²) in [4.78, 5) is 30.9. The van der Waals surface area contributed by atoms with E-state index in [1.54, 1.807) is 0 Å². The first kappa shape index (κ1) is 32.4. The van der Waals surface area contributed by atoms with Gasteiger partial charge in [-0.25, -0.2) is 4.79 Å². The summed E-state index contributed by atoms with van der Waals surface area (Å²) in [5.74, 6) is -2.48. The zero-order chi connectivity index (χ0) is 31.3. The molecule has 0 bridgehead atoms. The Morgan fingerprint density at radius 3 is 1.86 bits per heavy atom. The molecule has 4 fully saturated rings. The Balaban J connectivity index is 0.000000193. The van der Waals surface area contributed by atoms with Gasteiger partial charge in [0.1, 0.15) is 0 Å². The molecule has 10 heteroatoms. The lowest BCUT2D eigenvalue weighted by atomic mass is 9.88. The quantitative estimate of drug-likeness (QED) is 0.355. The number of carbonyl (C=O) groups is 2. The van der Waals surface area contributed by atoms with Gasteiger partial charge in [0.15, 0.2) is 6.61 Å². The molecule has 4 aliphatic rings. The Morgan fingerprint density at radius 1 is 0.795 bits per heavy atom. The number of hydrogen-bond acceptors (Lipinski definition) is 6. The van der Waals surface area contributed by atoms with Gasteiger partial charge in [0.2, 0.25) is 0 Å². The lowest BCUT2D eigenvalue weighted by molar-refractivity contribution is -0.190. The number of esters is 1. The van der Waals surface area contributed by atoms with Crippen LogP contribution in [0.4, 0.5) is 13.2 Å². The predicted molar refractivity (Wildman–Crippen MR) is 163 cm³/mol. The van der Waals surface area contributed by atoms with Crippen molar-refractivity contribution in [2.45, 2.75) is 94.8 Å². The molecular formula is C34H45F3N4O3. The maximum Gasteiger partial charge on any atom is 0.422 e. The minimum atomic E-state index is -4.66. The number of nitrogens with one attached hydrogen (secondary N) is 1. The summed E-state index contributed by atoms with van der Waals surface area (Å²) in [6.45, 7) is 5.69. The molecule has 4 atom stereocenters. The molecule has 2 saturated carbocycles. The van der Waals surface area contributed by atoms with Crippen molar-refractivity contribution >= 4 is 11.9 Å². The molecule has 1 N–H and O–H groups in total. The zero-order valence-electron chi connectivity index (χ0n) is 25.7. The maximum atomic E-state index is 12.6. The van der Waals surface area contributed by atoms with Gasteiger partial charge in [0.25, 0.3) is 0 Å². The fourth-order valence-electron chi connectivity index (χ4n) is 6.75. The van der Waals surface area contributed by atoms with Gasteiger partial charge in [-0.1, -0.05) is 73.5 Å². The number of piperazine rings is 2. The second-order valence-corrected chi connectivity index (χ2v) is 12.7. The second kappa shape index (κ2) is 14.4. The minimum Gasteiger partial charge on any atom is -0.449 e. The van der Waals surface area contributed by atoms with Crippen LogP contribution in [0.3, 0.4) is 0 Å².